The lowest BCUT2D eigenvalue weighted by Gasteiger charge is -2.33. The van der Waals surface area contributed by atoms with Gasteiger partial charge in [0, 0.05) is 20.1 Å². The molecule has 1 rings (SSSR count). The summed E-state index contributed by atoms with van der Waals surface area (Å²) in [6.45, 7) is 2.37. The number of hydrogen-bond donors (Lipinski definition) is 2. The molecule has 1 saturated heterocycles. The highest BCUT2D eigenvalue weighted by Gasteiger charge is 2.37. The van der Waals surface area contributed by atoms with E-state index in [2.05, 4.69) is 5.32 Å². The van der Waals surface area contributed by atoms with Crippen molar-refractivity contribution in [1.82, 2.24) is 9.62 Å². The molecule has 110 valence electrons. The molecule has 19 heavy (non-hydrogen) atoms. The van der Waals surface area contributed by atoms with Crippen molar-refractivity contribution >= 4 is 33.1 Å². The second-order valence-electron chi connectivity index (χ2n) is 4.66. The number of hydrogen-bond acceptors (Lipinski definition) is 4. The van der Waals surface area contributed by atoms with Gasteiger partial charge in [-0.3, -0.25) is 4.79 Å². The van der Waals surface area contributed by atoms with E-state index >= 15 is 0 Å². The Morgan fingerprint density at radius 2 is 2.21 bits per heavy atom. The minimum Gasteiger partial charge on any atom is -0.392 e. The van der Waals surface area contributed by atoms with E-state index in [0.717, 1.165) is 0 Å². The first-order chi connectivity index (χ1) is 8.84. The molecular weight excluding hydrogens is 286 g/mol. The molecule has 0 aromatic heterocycles. The standard InChI is InChI=1S/C11H21N3O3S2/c1-3-9(10(12)18)19(16,17)14-6-4-5-8(7-14)11(15)13-2/h8-9H,3-7H2,1-2H3,(H2,12,18)(H,13,15). The quantitative estimate of drug-likeness (QED) is 0.689. The van der Waals surface area contributed by atoms with Crippen LogP contribution in [0, 0.1) is 5.92 Å². The Balaban J connectivity index is 2.89. The Bertz CT molecular complexity index is 450. The van der Waals surface area contributed by atoms with Crippen LogP contribution in [-0.4, -0.2) is 49.0 Å². The van der Waals surface area contributed by atoms with Crippen molar-refractivity contribution in [2.75, 3.05) is 20.1 Å². The summed E-state index contributed by atoms with van der Waals surface area (Å²) in [4.78, 5) is 11.6. The van der Waals surface area contributed by atoms with E-state index in [9.17, 15) is 13.2 Å². The fourth-order valence-electron chi connectivity index (χ4n) is 2.33. The summed E-state index contributed by atoms with van der Waals surface area (Å²) < 4.78 is 26.2. The monoisotopic (exact) mass is 307 g/mol. The molecular formula is C11H21N3O3S2. The topological polar surface area (TPSA) is 92.5 Å². The summed E-state index contributed by atoms with van der Waals surface area (Å²) >= 11 is 4.83. The molecule has 1 amide bonds. The predicted molar refractivity (Wildman–Crippen MR) is 78.1 cm³/mol. The third-order valence-corrected chi connectivity index (χ3v) is 6.20. The van der Waals surface area contributed by atoms with Gasteiger partial charge in [0.1, 0.15) is 5.25 Å². The van der Waals surface area contributed by atoms with Gasteiger partial charge in [-0.2, -0.15) is 0 Å². The van der Waals surface area contributed by atoms with Crippen LogP contribution >= 0.6 is 12.2 Å². The highest BCUT2D eigenvalue weighted by Crippen LogP contribution is 2.22. The number of carbonyl (C=O) groups excluding carboxylic acids is 1. The first kappa shape index (κ1) is 16.3. The number of nitrogens with two attached hydrogens (primary N) is 1. The van der Waals surface area contributed by atoms with E-state index < -0.39 is 15.3 Å². The highest BCUT2D eigenvalue weighted by atomic mass is 32.2. The fourth-order valence-corrected chi connectivity index (χ4v) is 4.71. The molecule has 6 nitrogen and oxygen atoms in total. The zero-order chi connectivity index (χ0) is 14.6. The van der Waals surface area contributed by atoms with E-state index in [-0.39, 0.29) is 23.4 Å². The van der Waals surface area contributed by atoms with Gasteiger partial charge in [0.25, 0.3) is 0 Å². The molecule has 8 heteroatoms. The summed E-state index contributed by atoms with van der Waals surface area (Å²) in [5.41, 5.74) is 5.51. The van der Waals surface area contributed by atoms with Gasteiger partial charge in [-0.25, -0.2) is 12.7 Å². The minimum atomic E-state index is -3.56. The van der Waals surface area contributed by atoms with Crippen LogP contribution in [-0.2, 0) is 14.8 Å². The fraction of sp³-hybridized carbons (Fsp3) is 0.818. The number of rotatable bonds is 5. The largest absolute Gasteiger partial charge is 0.392 e. The number of nitrogens with one attached hydrogen (secondary N) is 1. The van der Waals surface area contributed by atoms with Gasteiger partial charge >= 0.3 is 0 Å². The minimum absolute atomic E-state index is 0.00966. The number of piperidine rings is 1. The molecule has 0 aromatic rings. The van der Waals surface area contributed by atoms with Gasteiger partial charge in [0.05, 0.1) is 10.9 Å². The van der Waals surface area contributed by atoms with Crippen LogP contribution in [0.4, 0.5) is 0 Å². The van der Waals surface area contributed by atoms with E-state index in [1.165, 1.54) is 4.31 Å². The summed E-state index contributed by atoms with van der Waals surface area (Å²) in [5, 5.41) is 1.72. The van der Waals surface area contributed by atoms with Gasteiger partial charge in [-0.1, -0.05) is 19.1 Å². The molecule has 3 N–H and O–H groups in total. The van der Waals surface area contributed by atoms with Gasteiger partial charge in [-0.15, -0.1) is 0 Å². The Morgan fingerprint density at radius 3 is 2.68 bits per heavy atom. The summed E-state index contributed by atoms with van der Waals surface area (Å²) in [6, 6.07) is 0. The first-order valence-electron chi connectivity index (χ1n) is 6.34. The van der Waals surface area contributed by atoms with Crippen LogP contribution in [0.1, 0.15) is 26.2 Å². The molecule has 2 atom stereocenters. The second-order valence-corrected chi connectivity index (χ2v) is 7.24. The van der Waals surface area contributed by atoms with Gasteiger partial charge in [0.2, 0.25) is 15.9 Å². The molecule has 0 bridgehead atoms. The van der Waals surface area contributed by atoms with Crippen LogP contribution in [0.15, 0.2) is 0 Å². The van der Waals surface area contributed by atoms with Crippen molar-refractivity contribution in [3.05, 3.63) is 0 Å². The maximum absolute atomic E-state index is 12.4. The van der Waals surface area contributed by atoms with E-state index in [4.69, 9.17) is 18.0 Å². The van der Waals surface area contributed by atoms with Crippen molar-refractivity contribution in [2.45, 2.75) is 31.4 Å². The molecule has 0 aromatic carbocycles. The first-order valence-corrected chi connectivity index (χ1v) is 8.25. The van der Waals surface area contributed by atoms with Crippen LogP contribution in [0.2, 0.25) is 0 Å². The van der Waals surface area contributed by atoms with Gasteiger partial charge in [0.15, 0.2) is 0 Å². The van der Waals surface area contributed by atoms with Crippen molar-refractivity contribution in [2.24, 2.45) is 11.7 Å². The molecule has 1 fully saturated rings. The molecule has 1 heterocycles. The maximum Gasteiger partial charge on any atom is 0.224 e. The molecule has 1 aliphatic heterocycles. The Kier molecular flexibility index (Phi) is 5.69. The third kappa shape index (κ3) is 3.64. The Hall–Kier alpha value is -0.730. The molecule has 2 unspecified atom stereocenters. The number of nitrogens with zero attached hydrogens (tertiary/aromatic N) is 1. The lowest BCUT2D eigenvalue weighted by atomic mass is 9.99. The van der Waals surface area contributed by atoms with Crippen molar-refractivity contribution in [3.8, 4) is 0 Å². The van der Waals surface area contributed by atoms with E-state index in [0.29, 0.717) is 25.8 Å². The number of amides is 1. The summed E-state index contributed by atoms with van der Waals surface area (Å²) in [5.74, 6) is -0.416. The average Bonchev–Trinajstić information content (AvgIpc) is 2.38. The lowest BCUT2D eigenvalue weighted by molar-refractivity contribution is -0.125. The van der Waals surface area contributed by atoms with Gasteiger partial charge in [-0.05, 0) is 19.3 Å². The maximum atomic E-state index is 12.4. The zero-order valence-electron chi connectivity index (χ0n) is 11.3. The highest BCUT2D eigenvalue weighted by molar-refractivity contribution is 7.92. The van der Waals surface area contributed by atoms with Crippen molar-refractivity contribution in [3.63, 3.8) is 0 Å². The Labute approximate surface area is 119 Å². The SMILES string of the molecule is CCC(C(N)=S)S(=O)(=O)N1CCCC(C(=O)NC)C1. The predicted octanol–water partition coefficient (Wildman–Crippen LogP) is -0.161. The average molecular weight is 307 g/mol. The zero-order valence-corrected chi connectivity index (χ0v) is 12.9. The van der Waals surface area contributed by atoms with Crippen molar-refractivity contribution in [1.29, 1.82) is 0 Å². The number of sulfonamides is 1. The summed E-state index contributed by atoms with van der Waals surface area (Å²) in [6.07, 6.45) is 1.72. The van der Waals surface area contributed by atoms with Gasteiger partial charge < -0.3 is 11.1 Å². The molecule has 0 spiro atoms. The van der Waals surface area contributed by atoms with Crippen LogP contribution in [0.25, 0.3) is 0 Å². The molecule has 0 aliphatic carbocycles. The number of thiocarbonyl (C=S) groups is 1. The smallest absolute Gasteiger partial charge is 0.224 e. The van der Waals surface area contributed by atoms with Crippen LogP contribution in [0.5, 0.6) is 0 Å². The number of carbonyl (C=O) groups is 1. The van der Waals surface area contributed by atoms with Crippen molar-refractivity contribution < 1.29 is 13.2 Å². The normalized spacial score (nSPS) is 22.7. The second kappa shape index (κ2) is 6.62. The van der Waals surface area contributed by atoms with E-state index in [1.54, 1.807) is 14.0 Å². The third-order valence-electron chi connectivity index (χ3n) is 3.41. The van der Waals surface area contributed by atoms with Crippen LogP contribution in [0.3, 0.4) is 0 Å². The Morgan fingerprint density at radius 1 is 1.58 bits per heavy atom. The molecule has 0 radical (unpaired) electrons. The molecule has 0 saturated carbocycles. The van der Waals surface area contributed by atoms with E-state index in [1.807, 2.05) is 0 Å². The van der Waals surface area contributed by atoms with Crippen LogP contribution < -0.4 is 11.1 Å². The summed E-state index contributed by atoms with van der Waals surface area (Å²) in [7, 11) is -2.01. The lowest BCUT2D eigenvalue weighted by Crippen LogP contribution is -2.50. The molecule has 1 aliphatic rings.